The van der Waals surface area contributed by atoms with Crippen molar-refractivity contribution in [3.8, 4) is 0 Å². The van der Waals surface area contributed by atoms with E-state index in [9.17, 15) is 0 Å². The number of aromatic nitrogens is 2. The molecule has 6 heteroatoms. The van der Waals surface area contributed by atoms with E-state index in [1.54, 1.807) is 0 Å². The van der Waals surface area contributed by atoms with Gasteiger partial charge in [0, 0.05) is 13.1 Å². The van der Waals surface area contributed by atoms with Gasteiger partial charge in [-0.05, 0) is 32.9 Å². The minimum absolute atomic E-state index is 0.0901. The van der Waals surface area contributed by atoms with Crippen molar-refractivity contribution >= 4 is 16.7 Å². The fourth-order valence-electron chi connectivity index (χ4n) is 2.83. The Kier molecular flexibility index (Phi) is 5.48. The Morgan fingerprint density at radius 3 is 2.79 bits per heavy atom. The van der Waals surface area contributed by atoms with Crippen LogP contribution in [-0.4, -0.2) is 52.6 Å². The summed E-state index contributed by atoms with van der Waals surface area (Å²) >= 11 is 0. The molecule has 0 atom stereocenters. The van der Waals surface area contributed by atoms with E-state index < -0.39 is 0 Å². The van der Waals surface area contributed by atoms with Crippen LogP contribution in [0.4, 0.5) is 0 Å². The number of ether oxygens (including phenoxy) is 1. The molecule has 1 fully saturated rings. The normalized spacial score (nSPS) is 16.9. The summed E-state index contributed by atoms with van der Waals surface area (Å²) in [5, 5.41) is 4.23. The van der Waals surface area contributed by atoms with Crippen molar-refractivity contribution in [2.45, 2.75) is 40.0 Å². The SMILES string of the molecule is C/C(Cn1c(CN2CCOCC2)nc2ccccc21)=N\OC(C)C. The number of rotatable bonds is 6. The molecular weight excluding hydrogens is 304 g/mol. The molecule has 24 heavy (non-hydrogen) atoms. The Hall–Kier alpha value is -1.92. The minimum Gasteiger partial charge on any atom is -0.393 e. The van der Waals surface area contributed by atoms with Gasteiger partial charge in [-0.25, -0.2) is 4.98 Å². The van der Waals surface area contributed by atoms with E-state index in [2.05, 4.69) is 32.8 Å². The summed E-state index contributed by atoms with van der Waals surface area (Å²) < 4.78 is 7.68. The zero-order valence-electron chi connectivity index (χ0n) is 14.7. The molecule has 0 N–H and O–H groups in total. The molecule has 0 unspecified atom stereocenters. The second kappa shape index (κ2) is 7.77. The molecule has 0 amide bonds. The summed E-state index contributed by atoms with van der Waals surface area (Å²) in [6, 6.07) is 8.25. The fourth-order valence-corrected chi connectivity index (χ4v) is 2.83. The third kappa shape index (κ3) is 4.13. The quantitative estimate of drug-likeness (QED) is 0.603. The molecule has 1 aromatic heterocycles. The predicted molar refractivity (Wildman–Crippen MR) is 95.2 cm³/mol. The number of benzene rings is 1. The molecule has 1 saturated heterocycles. The van der Waals surface area contributed by atoms with Crippen molar-refractivity contribution in [2.24, 2.45) is 5.16 Å². The van der Waals surface area contributed by atoms with Crippen LogP contribution in [0.15, 0.2) is 29.4 Å². The molecule has 0 aliphatic carbocycles. The lowest BCUT2D eigenvalue weighted by molar-refractivity contribution is 0.0327. The number of hydrogen-bond acceptors (Lipinski definition) is 5. The first-order chi connectivity index (χ1) is 11.6. The summed E-state index contributed by atoms with van der Waals surface area (Å²) in [6.45, 7) is 11.0. The van der Waals surface area contributed by atoms with E-state index in [4.69, 9.17) is 14.6 Å². The summed E-state index contributed by atoms with van der Waals surface area (Å²) in [5.74, 6) is 1.07. The Labute approximate surface area is 143 Å². The molecule has 2 heterocycles. The maximum Gasteiger partial charge on any atom is 0.124 e. The van der Waals surface area contributed by atoms with Gasteiger partial charge in [-0.2, -0.15) is 0 Å². The standard InChI is InChI=1S/C18H26N4O2/c1-14(2)24-20-15(3)12-22-17-7-5-4-6-16(17)19-18(22)13-21-8-10-23-11-9-21/h4-7,14H,8-13H2,1-3H3/b20-15+. The molecule has 1 aromatic carbocycles. The smallest absolute Gasteiger partial charge is 0.124 e. The van der Waals surface area contributed by atoms with Gasteiger partial charge < -0.3 is 14.1 Å². The van der Waals surface area contributed by atoms with Crippen LogP contribution < -0.4 is 0 Å². The molecule has 1 aliphatic rings. The summed E-state index contributed by atoms with van der Waals surface area (Å²) in [7, 11) is 0. The van der Waals surface area contributed by atoms with E-state index >= 15 is 0 Å². The molecule has 0 bridgehead atoms. The van der Waals surface area contributed by atoms with E-state index in [1.807, 2.05) is 26.8 Å². The monoisotopic (exact) mass is 330 g/mol. The lowest BCUT2D eigenvalue weighted by atomic mass is 10.3. The van der Waals surface area contributed by atoms with Crippen LogP contribution in [0.2, 0.25) is 0 Å². The Morgan fingerprint density at radius 1 is 1.29 bits per heavy atom. The Morgan fingerprint density at radius 2 is 2.04 bits per heavy atom. The van der Waals surface area contributed by atoms with Crippen molar-refractivity contribution in [2.75, 3.05) is 26.3 Å². The maximum absolute atomic E-state index is 5.44. The van der Waals surface area contributed by atoms with Crippen LogP contribution in [-0.2, 0) is 22.7 Å². The first kappa shape index (κ1) is 16.9. The molecule has 0 radical (unpaired) electrons. The number of oxime groups is 1. The Bertz CT molecular complexity index is 702. The second-order valence-electron chi connectivity index (χ2n) is 6.47. The van der Waals surface area contributed by atoms with Gasteiger partial charge >= 0.3 is 0 Å². The topological polar surface area (TPSA) is 51.9 Å². The number of morpholine rings is 1. The summed E-state index contributed by atoms with van der Waals surface area (Å²) in [4.78, 5) is 12.6. The lowest BCUT2D eigenvalue weighted by Gasteiger charge is -2.26. The van der Waals surface area contributed by atoms with Gasteiger partial charge in [-0.1, -0.05) is 17.3 Å². The number of nitrogens with zero attached hydrogens (tertiary/aromatic N) is 4. The van der Waals surface area contributed by atoms with Crippen molar-refractivity contribution in [1.82, 2.24) is 14.5 Å². The van der Waals surface area contributed by atoms with Crippen molar-refractivity contribution in [1.29, 1.82) is 0 Å². The molecule has 6 nitrogen and oxygen atoms in total. The van der Waals surface area contributed by atoms with Crippen LogP contribution in [0.5, 0.6) is 0 Å². The van der Waals surface area contributed by atoms with Gasteiger partial charge in [0.1, 0.15) is 11.9 Å². The molecular formula is C18H26N4O2. The van der Waals surface area contributed by atoms with E-state index in [0.29, 0.717) is 6.54 Å². The van der Waals surface area contributed by atoms with Crippen LogP contribution in [0.25, 0.3) is 11.0 Å². The second-order valence-corrected chi connectivity index (χ2v) is 6.47. The van der Waals surface area contributed by atoms with Gasteiger partial charge in [0.05, 0.1) is 43.0 Å². The average Bonchev–Trinajstić information content (AvgIpc) is 2.91. The summed E-state index contributed by atoms with van der Waals surface area (Å²) in [5.41, 5.74) is 3.10. The van der Waals surface area contributed by atoms with Gasteiger partial charge in [0.2, 0.25) is 0 Å². The highest BCUT2D eigenvalue weighted by atomic mass is 16.6. The molecule has 2 aromatic rings. The van der Waals surface area contributed by atoms with Gasteiger partial charge in [-0.15, -0.1) is 0 Å². The van der Waals surface area contributed by atoms with E-state index in [1.165, 1.54) is 0 Å². The number of fused-ring (bicyclic) bond motifs is 1. The van der Waals surface area contributed by atoms with Crippen molar-refractivity contribution in [3.63, 3.8) is 0 Å². The first-order valence-electron chi connectivity index (χ1n) is 8.57. The van der Waals surface area contributed by atoms with Gasteiger partial charge in [0.15, 0.2) is 0 Å². The zero-order chi connectivity index (χ0) is 16.9. The van der Waals surface area contributed by atoms with Crippen molar-refractivity contribution < 1.29 is 9.57 Å². The average molecular weight is 330 g/mol. The van der Waals surface area contributed by atoms with Gasteiger partial charge in [-0.3, -0.25) is 4.90 Å². The molecule has 0 spiro atoms. The van der Waals surface area contributed by atoms with E-state index in [0.717, 1.165) is 55.4 Å². The molecule has 1 aliphatic heterocycles. The number of para-hydroxylation sites is 2. The number of imidazole rings is 1. The van der Waals surface area contributed by atoms with Crippen LogP contribution in [0.1, 0.15) is 26.6 Å². The minimum atomic E-state index is 0.0901. The lowest BCUT2D eigenvalue weighted by Crippen LogP contribution is -2.36. The maximum atomic E-state index is 5.44. The van der Waals surface area contributed by atoms with Gasteiger partial charge in [0.25, 0.3) is 0 Å². The molecule has 130 valence electrons. The third-order valence-corrected chi connectivity index (χ3v) is 4.01. The predicted octanol–water partition coefficient (Wildman–Crippen LogP) is 2.67. The Balaban J connectivity index is 1.85. The zero-order valence-corrected chi connectivity index (χ0v) is 14.7. The fraction of sp³-hybridized carbons (Fsp3) is 0.556. The highest BCUT2D eigenvalue weighted by Crippen LogP contribution is 2.18. The number of hydrogen-bond donors (Lipinski definition) is 0. The largest absolute Gasteiger partial charge is 0.393 e. The third-order valence-electron chi connectivity index (χ3n) is 4.01. The van der Waals surface area contributed by atoms with Crippen molar-refractivity contribution in [3.05, 3.63) is 30.1 Å². The highest BCUT2D eigenvalue weighted by Gasteiger charge is 2.17. The van der Waals surface area contributed by atoms with E-state index in [-0.39, 0.29) is 6.10 Å². The van der Waals surface area contributed by atoms with Crippen LogP contribution in [0.3, 0.4) is 0 Å². The van der Waals surface area contributed by atoms with Crippen LogP contribution in [0, 0.1) is 0 Å². The summed E-state index contributed by atoms with van der Waals surface area (Å²) in [6.07, 6.45) is 0.0901. The van der Waals surface area contributed by atoms with Crippen LogP contribution >= 0.6 is 0 Å². The molecule has 3 rings (SSSR count). The first-order valence-corrected chi connectivity index (χ1v) is 8.57. The highest BCUT2D eigenvalue weighted by molar-refractivity contribution is 5.84. The molecule has 0 saturated carbocycles.